The first-order valence-electron chi connectivity index (χ1n) is 21.7. The summed E-state index contributed by atoms with van der Waals surface area (Å²) >= 11 is 0. The van der Waals surface area contributed by atoms with Crippen LogP contribution in [-0.4, -0.2) is 11.4 Å². The summed E-state index contributed by atoms with van der Waals surface area (Å²) in [5.74, 6) is 0. The summed E-state index contributed by atoms with van der Waals surface area (Å²) in [6.45, 7) is 18.9. The maximum Gasteiger partial charge on any atom is 0.333 e. The molecule has 10 aromatic rings. The van der Waals surface area contributed by atoms with E-state index < -0.39 is 0 Å². The third-order valence-corrected chi connectivity index (χ3v) is 14.9. The monoisotopic (exact) mass is 778 g/mol. The fraction of sp³-hybridized carbons (Fsp3) is 0.236. The first-order valence-corrected chi connectivity index (χ1v) is 21.7. The summed E-state index contributed by atoms with van der Waals surface area (Å²) in [6, 6.07) is 43.6. The second-order valence-corrected chi connectivity index (χ2v) is 20.4. The number of para-hydroxylation sites is 2. The van der Waals surface area contributed by atoms with Gasteiger partial charge in [0.2, 0.25) is 0 Å². The van der Waals surface area contributed by atoms with E-state index in [1.54, 1.807) is 0 Å². The number of rotatable bonds is 1. The number of nitrogens with zero attached hydrogens (tertiary/aromatic N) is 2. The van der Waals surface area contributed by atoms with E-state index in [0.717, 1.165) is 50.3 Å². The molecule has 0 atom stereocenters. The van der Waals surface area contributed by atoms with Gasteiger partial charge in [0.1, 0.15) is 22.3 Å². The molecule has 5 heterocycles. The molecule has 4 nitrogen and oxygen atoms in total. The van der Waals surface area contributed by atoms with E-state index in [4.69, 9.17) is 8.83 Å². The highest BCUT2D eigenvalue weighted by Crippen LogP contribution is 2.53. The van der Waals surface area contributed by atoms with Gasteiger partial charge in [-0.15, -0.1) is 0 Å². The molecule has 5 heteroatoms. The summed E-state index contributed by atoms with van der Waals surface area (Å²) in [7, 11) is 0. The Morgan fingerprint density at radius 3 is 1.87 bits per heavy atom. The highest BCUT2D eigenvalue weighted by molar-refractivity contribution is 6.94. The lowest BCUT2D eigenvalue weighted by Gasteiger charge is -2.46. The van der Waals surface area contributed by atoms with Crippen LogP contribution in [0.25, 0.3) is 82.5 Å². The van der Waals surface area contributed by atoms with Gasteiger partial charge in [-0.1, -0.05) is 103 Å². The molecule has 3 aromatic heterocycles. The van der Waals surface area contributed by atoms with Crippen LogP contribution in [0.3, 0.4) is 0 Å². The van der Waals surface area contributed by atoms with E-state index in [1.807, 2.05) is 0 Å². The van der Waals surface area contributed by atoms with Crippen LogP contribution in [0.4, 0.5) is 11.4 Å². The first-order chi connectivity index (χ1) is 28.8. The zero-order chi connectivity index (χ0) is 40.8. The number of aryl methyl sites for hydroxylation is 1. The fourth-order valence-corrected chi connectivity index (χ4v) is 11.6. The van der Waals surface area contributed by atoms with Crippen molar-refractivity contribution in [2.24, 2.45) is 0 Å². The molecule has 0 spiro atoms. The van der Waals surface area contributed by atoms with E-state index in [9.17, 15) is 0 Å². The zero-order valence-electron chi connectivity index (χ0n) is 35.7. The van der Waals surface area contributed by atoms with Crippen LogP contribution < -0.4 is 15.7 Å². The van der Waals surface area contributed by atoms with E-state index >= 15 is 0 Å². The van der Waals surface area contributed by atoms with Crippen LogP contribution in [0, 0.1) is 6.92 Å². The summed E-state index contributed by atoms with van der Waals surface area (Å²) in [4.78, 5) is 2.69. The van der Waals surface area contributed by atoms with E-state index in [0.29, 0.717) is 0 Å². The molecule has 0 amide bonds. The van der Waals surface area contributed by atoms with Crippen molar-refractivity contribution in [2.75, 3.05) is 4.81 Å². The topological polar surface area (TPSA) is 34.5 Å². The van der Waals surface area contributed by atoms with Gasteiger partial charge in [0.05, 0.1) is 11.0 Å². The number of fused-ring (bicyclic) bond motifs is 15. The summed E-state index contributed by atoms with van der Waals surface area (Å²) < 4.78 is 15.9. The summed E-state index contributed by atoms with van der Waals surface area (Å²) in [5, 5.41) is 7.09. The minimum atomic E-state index is -0.109. The highest BCUT2D eigenvalue weighted by atomic mass is 16.3. The number of hydrogen-bond donors (Lipinski definition) is 0. The van der Waals surface area contributed by atoms with Gasteiger partial charge in [-0.05, 0) is 135 Å². The molecular formula is C55H47BN2O2. The third kappa shape index (κ3) is 4.38. The second kappa shape index (κ2) is 11.1. The molecule has 0 unspecified atom stereocenters. The van der Waals surface area contributed by atoms with E-state index in [1.165, 1.54) is 89.6 Å². The van der Waals surface area contributed by atoms with Gasteiger partial charge < -0.3 is 18.2 Å². The number of benzene rings is 7. The van der Waals surface area contributed by atoms with Crippen LogP contribution in [0.15, 0.2) is 124 Å². The van der Waals surface area contributed by atoms with Gasteiger partial charge in [0, 0.05) is 54.9 Å². The zero-order valence-corrected chi connectivity index (χ0v) is 35.7. The minimum absolute atomic E-state index is 0.0408. The van der Waals surface area contributed by atoms with Gasteiger partial charge in [-0.3, -0.25) is 0 Å². The maximum atomic E-state index is 6.75. The van der Waals surface area contributed by atoms with Gasteiger partial charge in [0.25, 0.3) is 0 Å². The van der Waals surface area contributed by atoms with Crippen LogP contribution >= 0.6 is 0 Å². The predicted molar refractivity (Wildman–Crippen MR) is 253 cm³/mol. The molecule has 0 N–H and O–H groups in total. The molecule has 7 aromatic carbocycles. The van der Waals surface area contributed by atoms with Crippen LogP contribution in [0.5, 0.6) is 0 Å². The Kier molecular flexibility index (Phi) is 6.43. The van der Waals surface area contributed by atoms with Crippen molar-refractivity contribution in [3.8, 4) is 16.8 Å². The molecule has 2 aliphatic heterocycles. The predicted octanol–water partition coefficient (Wildman–Crippen LogP) is 13.8. The number of aromatic nitrogens is 1. The molecule has 13 rings (SSSR count). The molecule has 1 aliphatic carbocycles. The van der Waals surface area contributed by atoms with Gasteiger partial charge in [-0.25, -0.2) is 0 Å². The van der Waals surface area contributed by atoms with Gasteiger partial charge in [-0.2, -0.15) is 0 Å². The average Bonchev–Trinajstić information content (AvgIpc) is 3.89. The highest BCUT2D eigenvalue weighted by Gasteiger charge is 2.47. The Balaban J connectivity index is 1.23. The van der Waals surface area contributed by atoms with Crippen molar-refractivity contribution in [3.63, 3.8) is 0 Å². The Morgan fingerprint density at radius 2 is 1.20 bits per heavy atom. The number of anilines is 2. The van der Waals surface area contributed by atoms with Crippen molar-refractivity contribution < 1.29 is 8.83 Å². The molecular weight excluding hydrogens is 731 g/mol. The smallest absolute Gasteiger partial charge is 0.333 e. The van der Waals surface area contributed by atoms with Gasteiger partial charge >= 0.3 is 6.85 Å². The van der Waals surface area contributed by atoms with E-state index in [2.05, 4.69) is 180 Å². The Hall–Kier alpha value is -6.20. The van der Waals surface area contributed by atoms with Crippen molar-refractivity contribution in [1.82, 2.24) is 4.57 Å². The molecule has 0 fully saturated rings. The molecule has 292 valence electrons. The summed E-state index contributed by atoms with van der Waals surface area (Å²) in [5.41, 5.74) is 20.9. The first kappa shape index (κ1) is 34.6. The van der Waals surface area contributed by atoms with Crippen LogP contribution in [-0.2, 0) is 16.2 Å². The lowest BCUT2D eigenvalue weighted by Crippen LogP contribution is -2.60. The lowest BCUT2D eigenvalue weighted by atomic mass is 9.43. The SMILES string of the molecule is Cc1cc2c3c4c1c1cc5oc6ccccc6c5cc1n4-c1cc4c(cc1B3N(c1ccc(C(C)(C)C)cc1)c1cc3c(cc1-2)C(C)(C)CCC3(C)C)oc1ccccc14. The molecule has 60 heavy (non-hydrogen) atoms. The third-order valence-electron chi connectivity index (χ3n) is 14.9. The van der Waals surface area contributed by atoms with Crippen molar-refractivity contribution in [3.05, 3.63) is 138 Å². The quantitative estimate of drug-likeness (QED) is 0.156. The molecule has 0 bridgehead atoms. The summed E-state index contributed by atoms with van der Waals surface area (Å²) in [6.07, 6.45) is 2.33. The van der Waals surface area contributed by atoms with Gasteiger partial charge in [0.15, 0.2) is 0 Å². The Morgan fingerprint density at radius 1 is 0.583 bits per heavy atom. The van der Waals surface area contributed by atoms with Crippen molar-refractivity contribution >= 4 is 94.8 Å². The second-order valence-electron chi connectivity index (χ2n) is 20.4. The van der Waals surface area contributed by atoms with Crippen LogP contribution in [0.2, 0.25) is 0 Å². The minimum Gasteiger partial charge on any atom is -0.456 e. The average molecular weight is 779 g/mol. The maximum absolute atomic E-state index is 6.75. The molecule has 0 radical (unpaired) electrons. The number of furan rings is 2. The normalized spacial score (nSPS) is 16.4. The molecule has 0 saturated carbocycles. The molecule has 3 aliphatic rings. The number of hydrogen-bond acceptors (Lipinski definition) is 3. The fourth-order valence-electron chi connectivity index (χ4n) is 11.6. The van der Waals surface area contributed by atoms with Crippen LogP contribution in [0.1, 0.15) is 83.6 Å². The van der Waals surface area contributed by atoms with Crippen molar-refractivity contribution in [2.45, 2.75) is 84.5 Å². The van der Waals surface area contributed by atoms with Crippen molar-refractivity contribution in [1.29, 1.82) is 0 Å². The lowest BCUT2D eigenvalue weighted by molar-refractivity contribution is 0.332. The Labute approximate surface area is 350 Å². The van der Waals surface area contributed by atoms with E-state index in [-0.39, 0.29) is 23.1 Å². The Bertz CT molecular complexity index is 3550. The molecule has 0 saturated heterocycles. The standard InChI is InChI=1S/C55H47BN2O2/c1-30-23-38-35-24-40-41(55(7,8)22-21-54(40,5)6)28-44(35)58(32-19-17-31(18-20-32)53(2,3)4)56-42-29-49-37(34-14-10-12-16-47(34)60-49)26-45(42)57-43-25-36-33-13-9-11-15-46(33)59-48(36)27-39(43)50(30)52(57)51(38)56/h9-20,23-29H,21-22H2,1-8H3. The largest absolute Gasteiger partial charge is 0.456 e.